The van der Waals surface area contributed by atoms with Crippen LogP contribution >= 0.6 is 24.0 Å². The number of aliphatic imine (C=N–C) groups is 1. The highest BCUT2D eigenvalue weighted by Gasteiger charge is 2.22. The van der Waals surface area contributed by atoms with Gasteiger partial charge >= 0.3 is 0 Å². The van der Waals surface area contributed by atoms with E-state index in [1.807, 2.05) is 47.4 Å². The lowest BCUT2D eigenvalue weighted by Gasteiger charge is -2.26. The van der Waals surface area contributed by atoms with Crippen molar-refractivity contribution < 1.29 is 9.53 Å². The summed E-state index contributed by atoms with van der Waals surface area (Å²) in [6.45, 7) is 1.97. The van der Waals surface area contributed by atoms with Gasteiger partial charge in [-0.3, -0.25) is 4.79 Å². The van der Waals surface area contributed by atoms with E-state index in [0.29, 0.717) is 25.5 Å². The van der Waals surface area contributed by atoms with Gasteiger partial charge in [-0.1, -0.05) is 30.3 Å². The highest BCUT2D eigenvalue weighted by atomic mass is 127. The number of anilines is 1. The number of amides is 1. The molecule has 2 heterocycles. The van der Waals surface area contributed by atoms with Crippen LogP contribution in [0.3, 0.4) is 0 Å². The molecule has 1 fully saturated rings. The monoisotopic (exact) mass is 492 g/mol. The van der Waals surface area contributed by atoms with E-state index in [1.165, 1.54) is 0 Å². The van der Waals surface area contributed by atoms with E-state index in [9.17, 15) is 4.79 Å². The number of nitrogens with one attached hydrogen (secondary N) is 1. The number of carbonyl (C=O) groups excluding carboxylic acids is 1. The minimum Gasteiger partial charge on any atom is -0.493 e. The third-order valence-electron chi connectivity index (χ3n) is 5.03. The summed E-state index contributed by atoms with van der Waals surface area (Å²) in [7, 11) is 0. The summed E-state index contributed by atoms with van der Waals surface area (Å²) in [4.78, 5) is 18.1. The summed E-state index contributed by atoms with van der Waals surface area (Å²) in [5, 5.41) is 3.30. The molecule has 0 aromatic heterocycles. The average molecular weight is 492 g/mol. The Morgan fingerprint density at radius 1 is 1.21 bits per heavy atom. The van der Waals surface area contributed by atoms with Crippen molar-refractivity contribution in [3.8, 4) is 5.75 Å². The van der Waals surface area contributed by atoms with E-state index in [4.69, 9.17) is 10.5 Å². The average Bonchev–Trinajstić information content (AvgIpc) is 3.13. The van der Waals surface area contributed by atoms with E-state index in [1.54, 1.807) is 0 Å². The zero-order valence-corrected chi connectivity index (χ0v) is 18.0. The number of hydrogen-bond donors (Lipinski definition) is 2. The Hall–Kier alpha value is -2.29. The molecule has 28 heavy (non-hydrogen) atoms. The molecule has 0 bridgehead atoms. The van der Waals surface area contributed by atoms with Crippen molar-refractivity contribution in [2.75, 3.05) is 18.1 Å². The van der Waals surface area contributed by atoms with Gasteiger partial charge in [-0.15, -0.1) is 24.0 Å². The van der Waals surface area contributed by atoms with Crippen LogP contribution in [-0.4, -0.2) is 25.0 Å². The van der Waals surface area contributed by atoms with Crippen LogP contribution in [-0.2, 0) is 11.3 Å². The van der Waals surface area contributed by atoms with Crippen molar-refractivity contribution in [1.82, 2.24) is 5.32 Å². The lowest BCUT2D eigenvalue weighted by atomic mass is 10.0. The van der Waals surface area contributed by atoms with E-state index in [-0.39, 0.29) is 35.9 Å². The second-order valence-corrected chi connectivity index (χ2v) is 6.89. The molecule has 3 N–H and O–H groups in total. The Balaban J connectivity index is 0.00000225. The first-order valence-corrected chi connectivity index (χ1v) is 9.38. The predicted octanol–water partition coefficient (Wildman–Crippen LogP) is 3.36. The van der Waals surface area contributed by atoms with Crippen LogP contribution in [0, 0.1) is 0 Å². The van der Waals surface area contributed by atoms with Gasteiger partial charge in [0, 0.05) is 30.6 Å². The lowest BCUT2D eigenvalue weighted by Crippen LogP contribution is -2.37. The highest BCUT2D eigenvalue weighted by molar-refractivity contribution is 14.0. The van der Waals surface area contributed by atoms with Crippen molar-refractivity contribution in [2.24, 2.45) is 10.7 Å². The zero-order chi connectivity index (χ0) is 18.6. The number of benzene rings is 2. The molecule has 148 valence electrons. The number of ether oxygens (including phenoxy) is 1. The molecule has 0 radical (unpaired) electrons. The molecular weight excluding hydrogens is 467 g/mol. The van der Waals surface area contributed by atoms with Crippen molar-refractivity contribution in [3.63, 3.8) is 0 Å². The first-order valence-electron chi connectivity index (χ1n) is 9.38. The minimum absolute atomic E-state index is 0. The molecule has 1 unspecified atom stereocenters. The second kappa shape index (κ2) is 9.27. The fourth-order valence-corrected chi connectivity index (χ4v) is 3.60. The van der Waals surface area contributed by atoms with E-state index in [2.05, 4.69) is 16.4 Å². The molecule has 2 aliphatic rings. The van der Waals surface area contributed by atoms with Gasteiger partial charge in [0.25, 0.3) is 0 Å². The predicted molar refractivity (Wildman–Crippen MR) is 121 cm³/mol. The van der Waals surface area contributed by atoms with Crippen molar-refractivity contribution >= 4 is 41.5 Å². The van der Waals surface area contributed by atoms with Crippen LogP contribution < -0.4 is 20.7 Å². The number of nitrogens with two attached hydrogens (primary N) is 1. The Labute approximate surface area is 182 Å². The zero-order valence-electron chi connectivity index (χ0n) is 15.6. The Kier molecular flexibility index (Phi) is 6.77. The van der Waals surface area contributed by atoms with E-state index in [0.717, 1.165) is 42.0 Å². The van der Waals surface area contributed by atoms with Gasteiger partial charge in [-0.05, 0) is 30.2 Å². The van der Waals surface area contributed by atoms with Gasteiger partial charge < -0.3 is 20.7 Å². The fraction of sp³-hybridized carbons (Fsp3) is 0.333. The Morgan fingerprint density at radius 3 is 2.75 bits per heavy atom. The third kappa shape index (κ3) is 4.57. The Bertz CT molecular complexity index is 854. The van der Waals surface area contributed by atoms with Gasteiger partial charge in [-0.25, -0.2) is 4.99 Å². The molecule has 7 heteroatoms. The van der Waals surface area contributed by atoms with Gasteiger partial charge in [0.2, 0.25) is 5.91 Å². The molecule has 1 saturated heterocycles. The second-order valence-electron chi connectivity index (χ2n) is 6.89. The van der Waals surface area contributed by atoms with Gasteiger partial charge in [0.15, 0.2) is 5.96 Å². The van der Waals surface area contributed by atoms with Crippen LogP contribution in [0.15, 0.2) is 53.5 Å². The summed E-state index contributed by atoms with van der Waals surface area (Å²) < 4.78 is 5.68. The summed E-state index contributed by atoms with van der Waals surface area (Å²) >= 11 is 0. The van der Waals surface area contributed by atoms with Gasteiger partial charge in [-0.2, -0.15) is 0 Å². The molecule has 4 rings (SSSR count). The number of nitrogens with zero attached hydrogens (tertiary/aromatic N) is 2. The standard InChI is InChI=1S/C21H24N4O2.HI/c22-21(24-18-11-13-27-19-5-2-1-4-17(18)19)23-14-15-7-9-16(10-8-15)25-12-3-6-20(25)26;/h1-2,4-5,7-10,18H,3,6,11-14H2,(H3,22,23,24);1H. The SMILES string of the molecule is I.NC(=NCc1ccc(N2CCCC2=O)cc1)NC1CCOc2ccccc21. The number of carbonyl (C=O) groups is 1. The first-order chi connectivity index (χ1) is 13.2. The van der Waals surface area contributed by atoms with Crippen LogP contribution in [0.4, 0.5) is 5.69 Å². The molecule has 1 atom stereocenters. The summed E-state index contributed by atoms with van der Waals surface area (Å²) in [6.07, 6.45) is 2.43. The normalized spacial score (nSPS) is 18.9. The molecule has 2 aromatic rings. The van der Waals surface area contributed by atoms with Crippen molar-refractivity contribution in [1.29, 1.82) is 0 Å². The molecule has 0 spiro atoms. The maximum Gasteiger partial charge on any atom is 0.227 e. The summed E-state index contributed by atoms with van der Waals surface area (Å²) in [6, 6.07) is 16.1. The molecule has 0 saturated carbocycles. The number of halogens is 1. The van der Waals surface area contributed by atoms with Crippen molar-refractivity contribution in [3.05, 3.63) is 59.7 Å². The number of hydrogen-bond acceptors (Lipinski definition) is 3. The number of para-hydroxylation sites is 1. The molecule has 2 aliphatic heterocycles. The fourth-order valence-electron chi connectivity index (χ4n) is 3.60. The minimum atomic E-state index is 0. The number of fused-ring (bicyclic) bond motifs is 1. The number of guanidine groups is 1. The maximum atomic E-state index is 11.8. The lowest BCUT2D eigenvalue weighted by molar-refractivity contribution is -0.117. The molecular formula is C21H25IN4O2. The third-order valence-corrected chi connectivity index (χ3v) is 5.03. The topological polar surface area (TPSA) is 80.0 Å². The van der Waals surface area contributed by atoms with Crippen LogP contribution in [0.2, 0.25) is 0 Å². The van der Waals surface area contributed by atoms with Crippen LogP contribution in [0.5, 0.6) is 5.75 Å². The molecule has 1 amide bonds. The van der Waals surface area contributed by atoms with Crippen molar-refractivity contribution in [2.45, 2.75) is 31.8 Å². The van der Waals surface area contributed by atoms with Gasteiger partial charge in [0.05, 0.1) is 19.2 Å². The van der Waals surface area contributed by atoms with Gasteiger partial charge in [0.1, 0.15) is 5.75 Å². The molecule has 2 aromatic carbocycles. The largest absolute Gasteiger partial charge is 0.493 e. The quantitative estimate of drug-likeness (QED) is 0.390. The summed E-state index contributed by atoms with van der Waals surface area (Å²) in [5.74, 6) is 1.53. The first kappa shape index (κ1) is 20.4. The molecule has 6 nitrogen and oxygen atoms in total. The highest BCUT2D eigenvalue weighted by Crippen LogP contribution is 2.31. The Morgan fingerprint density at radius 2 is 2.00 bits per heavy atom. The summed E-state index contributed by atoms with van der Waals surface area (Å²) in [5.41, 5.74) is 9.23. The molecule has 0 aliphatic carbocycles. The van der Waals surface area contributed by atoms with Crippen LogP contribution in [0.25, 0.3) is 0 Å². The van der Waals surface area contributed by atoms with Crippen LogP contribution in [0.1, 0.15) is 36.4 Å². The van der Waals surface area contributed by atoms with E-state index < -0.39 is 0 Å². The van der Waals surface area contributed by atoms with E-state index >= 15 is 0 Å². The maximum absolute atomic E-state index is 11.8. The number of rotatable bonds is 4. The smallest absolute Gasteiger partial charge is 0.227 e.